The number of carbonyl (C=O) groups is 2. The average Bonchev–Trinajstić information content (AvgIpc) is 2.89. The fraction of sp³-hybridized carbons (Fsp3) is 0.267. The van der Waals surface area contributed by atoms with Crippen LogP contribution in [0.3, 0.4) is 0 Å². The van der Waals surface area contributed by atoms with Gasteiger partial charge in [-0.05, 0) is 31.2 Å². The molecule has 0 fully saturated rings. The SMILES string of the molecule is Cc1nc(CNC(=O)CCC(=O)c2ccc(Cl)cc2)cs1. The van der Waals surface area contributed by atoms with Gasteiger partial charge in [0.2, 0.25) is 5.91 Å². The van der Waals surface area contributed by atoms with E-state index >= 15 is 0 Å². The number of nitrogens with one attached hydrogen (secondary N) is 1. The van der Waals surface area contributed by atoms with Crippen molar-refractivity contribution in [2.75, 3.05) is 0 Å². The number of halogens is 1. The van der Waals surface area contributed by atoms with Crippen LogP contribution in [0.25, 0.3) is 0 Å². The highest BCUT2D eigenvalue weighted by molar-refractivity contribution is 7.09. The van der Waals surface area contributed by atoms with Crippen LogP contribution < -0.4 is 5.32 Å². The summed E-state index contributed by atoms with van der Waals surface area (Å²) in [6, 6.07) is 6.67. The molecule has 0 atom stereocenters. The summed E-state index contributed by atoms with van der Waals surface area (Å²) in [5, 5.41) is 6.23. The highest BCUT2D eigenvalue weighted by Gasteiger charge is 2.09. The first-order chi connectivity index (χ1) is 10.0. The van der Waals surface area contributed by atoms with Crippen LogP contribution in [-0.2, 0) is 11.3 Å². The molecule has 0 bridgehead atoms. The van der Waals surface area contributed by atoms with Gasteiger partial charge in [0.05, 0.1) is 17.2 Å². The predicted molar refractivity (Wildman–Crippen MR) is 83.7 cm³/mol. The molecule has 21 heavy (non-hydrogen) atoms. The Kier molecular flexibility index (Phi) is 5.47. The van der Waals surface area contributed by atoms with Crippen LogP contribution in [0.4, 0.5) is 0 Å². The molecule has 0 aliphatic carbocycles. The number of rotatable bonds is 6. The lowest BCUT2D eigenvalue weighted by Crippen LogP contribution is -2.23. The zero-order valence-electron chi connectivity index (χ0n) is 11.6. The van der Waals surface area contributed by atoms with Crippen LogP contribution in [-0.4, -0.2) is 16.7 Å². The van der Waals surface area contributed by atoms with Crippen LogP contribution in [0.1, 0.15) is 33.9 Å². The molecular formula is C15H15ClN2O2S. The maximum absolute atomic E-state index is 11.9. The molecule has 6 heteroatoms. The van der Waals surface area contributed by atoms with Gasteiger partial charge < -0.3 is 5.32 Å². The first-order valence-electron chi connectivity index (χ1n) is 6.51. The van der Waals surface area contributed by atoms with Gasteiger partial charge in [0.15, 0.2) is 5.78 Å². The van der Waals surface area contributed by atoms with Gasteiger partial charge in [-0.15, -0.1) is 11.3 Å². The van der Waals surface area contributed by atoms with Crippen molar-refractivity contribution in [3.05, 3.63) is 50.9 Å². The smallest absolute Gasteiger partial charge is 0.220 e. The lowest BCUT2D eigenvalue weighted by molar-refractivity contribution is -0.121. The second-order valence-electron chi connectivity index (χ2n) is 4.56. The molecule has 2 rings (SSSR count). The van der Waals surface area contributed by atoms with Crippen molar-refractivity contribution < 1.29 is 9.59 Å². The molecule has 1 heterocycles. The van der Waals surface area contributed by atoms with E-state index in [-0.39, 0.29) is 24.5 Å². The minimum atomic E-state index is -0.150. The third-order valence-electron chi connectivity index (χ3n) is 2.88. The number of hydrogen-bond donors (Lipinski definition) is 1. The average molecular weight is 323 g/mol. The van der Waals surface area contributed by atoms with E-state index in [2.05, 4.69) is 10.3 Å². The summed E-state index contributed by atoms with van der Waals surface area (Å²) in [5.74, 6) is -0.214. The lowest BCUT2D eigenvalue weighted by Gasteiger charge is -2.03. The quantitative estimate of drug-likeness (QED) is 0.829. The summed E-state index contributed by atoms with van der Waals surface area (Å²) in [5.41, 5.74) is 1.41. The molecular weight excluding hydrogens is 308 g/mol. The minimum absolute atomic E-state index is 0.0636. The number of aromatic nitrogens is 1. The molecule has 4 nitrogen and oxygen atoms in total. The van der Waals surface area contributed by atoms with E-state index in [1.54, 1.807) is 35.6 Å². The molecule has 0 saturated heterocycles. The molecule has 0 spiro atoms. The Labute approximate surface area is 132 Å². The minimum Gasteiger partial charge on any atom is -0.350 e. The van der Waals surface area contributed by atoms with Crippen LogP contribution in [0.2, 0.25) is 5.02 Å². The number of benzene rings is 1. The van der Waals surface area contributed by atoms with E-state index in [0.29, 0.717) is 17.1 Å². The maximum atomic E-state index is 11.9. The predicted octanol–water partition coefficient (Wildman–Crippen LogP) is 3.38. The van der Waals surface area contributed by atoms with Gasteiger partial charge in [-0.25, -0.2) is 4.98 Å². The fourth-order valence-corrected chi connectivity index (χ4v) is 2.51. The van der Waals surface area contributed by atoms with Gasteiger partial charge in [-0.1, -0.05) is 11.6 Å². The molecule has 110 valence electrons. The Hall–Kier alpha value is -1.72. The number of amides is 1. The molecule has 0 unspecified atom stereocenters. The number of carbonyl (C=O) groups excluding carboxylic acids is 2. The molecule has 1 aromatic heterocycles. The third-order valence-corrected chi connectivity index (χ3v) is 3.95. The molecule has 0 aliphatic rings. The number of hydrogen-bond acceptors (Lipinski definition) is 4. The fourth-order valence-electron chi connectivity index (χ4n) is 1.77. The summed E-state index contributed by atoms with van der Waals surface area (Å²) in [6.45, 7) is 2.32. The monoisotopic (exact) mass is 322 g/mol. The first kappa shape index (κ1) is 15.7. The number of ketones is 1. The highest BCUT2D eigenvalue weighted by Crippen LogP contribution is 2.12. The second kappa shape index (κ2) is 7.33. The number of aryl methyl sites for hydroxylation is 1. The van der Waals surface area contributed by atoms with Gasteiger partial charge in [-0.3, -0.25) is 9.59 Å². The van der Waals surface area contributed by atoms with Gasteiger partial charge in [-0.2, -0.15) is 0 Å². The van der Waals surface area contributed by atoms with Crippen molar-refractivity contribution in [2.45, 2.75) is 26.3 Å². The number of nitrogens with zero attached hydrogens (tertiary/aromatic N) is 1. The van der Waals surface area contributed by atoms with E-state index in [1.807, 2.05) is 12.3 Å². The molecule has 0 saturated carbocycles. The van der Waals surface area contributed by atoms with Crippen molar-refractivity contribution in [3.63, 3.8) is 0 Å². The van der Waals surface area contributed by atoms with Crippen LogP contribution >= 0.6 is 22.9 Å². The number of thiazole rings is 1. The lowest BCUT2D eigenvalue weighted by atomic mass is 10.1. The van der Waals surface area contributed by atoms with Gasteiger partial charge >= 0.3 is 0 Å². The van der Waals surface area contributed by atoms with Crippen molar-refractivity contribution in [3.8, 4) is 0 Å². The Morgan fingerprint density at radius 2 is 1.95 bits per heavy atom. The van der Waals surface area contributed by atoms with E-state index in [0.717, 1.165) is 10.7 Å². The van der Waals surface area contributed by atoms with Crippen molar-refractivity contribution in [1.29, 1.82) is 0 Å². The second-order valence-corrected chi connectivity index (χ2v) is 6.06. The normalized spacial score (nSPS) is 10.4. The molecule has 1 N–H and O–H groups in total. The largest absolute Gasteiger partial charge is 0.350 e. The van der Waals surface area contributed by atoms with Gasteiger partial charge in [0, 0.05) is 28.8 Å². The highest BCUT2D eigenvalue weighted by atomic mass is 35.5. The Bertz CT molecular complexity index is 637. The van der Waals surface area contributed by atoms with E-state index in [4.69, 9.17) is 11.6 Å². The summed E-state index contributed by atoms with van der Waals surface area (Å²) < 4.78 is 0. The summed E-state index contributed by atoms with van der Waals surface area (Å²) in [7, 11) is 0. The third kappa shape index (κ3) is 4.95. The summed E-state index contributed by atoms with van der Waals surface area (Å²) in [4.78, 5) is 27.9. The molecule has 1 aromatic carbocycles. The standard InChI is InChI=1S/C15H15ClN2O2S/c1-10-18-13(9-21-10)8-17-15(20)7-6-14(19)11-2-4-12(16)5-3-11/h2-5,9H,6-8H2,1H3,(H,17,20). The molecule has 0 aliphatic heterocycles. The Morgan fingerprint density at radius 3 is 2.57 bits per heavy atom. The van der Waals surface area contributed by atoms with Crippen molar-refractivity contribution in [1.82, 2.24) is 10.3 Å². The molecule has 2 aromatic rings. The van der Waals surface area contributed by atoms with E-state index in [9.17, 15) is 9.59 Å². The first-order valence-corrected chi connectivity index (χ1v) is 7.77. The van der Waals surface area contributed by atoms with Gasteiger partial charge in [0.25, 0.3) is 0 Å². The van der Waals surface area contributed by atoms with E-state index in [1.165, 1.54) is 0 Å². The zero-order chi connectivity index (χ0) is 15.2. The topological polar surface area (TPSA) is 59.1 Å². The van der Waals surface area contributed by atoms with Crippen molar-refractivity contribution >= 4 is 34.6 Å². The van der Waals surface area contributed by atoms with Crippen molar-refractivity contribution in [2.24, 2.45) is 0 Å². The Balaban J connectivity index is 1.75. The van der Waals surface area contributed by atoms with E-state index < -0.39 is 0 Å². The Morgan fingerprint density at radius 1 is 1.24 bits per heavy atom. The maximum Gasteiger partial charge on any atom is 0.220 e. The van der Waals surface area contributed by atoms with Crippen LogP contribution in [0.15, 0.2) is 29.6 Å². The summed E-state index contributed by atoms with van der Waals surface area (Å²) in [6.07, 6.45) is 0.355. The zero-order valence-corrected chi connectivity index (χ0v) is 13.1. The van der Waals surface area contributed by atoms with Gasteiger partial charge in [0.1, 0.15) is 0 Å². The number of Topliss-reactive ketones (excluding diaryl/α,β-unsaturated/α-hetero) is 1. The molecule has 1 amide bonds. The summed E-state index contributed by atoms with van der Waals surface area (Å²) >= 11 is 7.31. The molecule has 0 radical (unpaired) electrons. The van der Waals surface area contributed by atoms with Crippen LogP contribution in [0.5, 0.6) is 0 Å². The van der Waals surface area contributed by atoms with Crippen LogP contribution in [0, 0.1) is 6.92 Å².